The molecule has 4 rings (SSSR count). The number of aliphatic hydroxyl groups is 4. The molecule has 2 aromatic carbocycles. The molecule has 0 bridgehead atoms. The number of ether oxygens (including phenoxy) is 2. The maximum Gasteiger partial charge on any atom is 0.238 e. The summed E-state index contributed by atoms with van der Waals surface area (Å²) in [5.41, 5.74) is -1.20. The van der Waals surface area contributed by atoms with Crippen LogP contribution >= 0.6 is 0 Å². The molecule has 12 nitrogen and oxygen atoms in total. The Morgan fingerprint density at radius 1 is 0.879 bits per heavy atom. The predicted molar refractivity (Wildman–Crippen MR) is 109 cm³/mol. The van der Waals surface area contributed by atoms with Crippen molar-refractivity contribution >= 4 is 11.0 Å². The van der Waals surface area contributed by atoms with Gasteiger partial charge in [0.2, 0.25) is 17.5 Å². The van der Waals surface area contributed by atoms with Crippen molar-refractivity contribution in [2.24, 2.45) is 0 Å². The van der Waals surface area contributed by atoms with Gasteiger partial charge >= 0.3 is 0 Å². The summed E-state index contributed by atoms with van der Waals surface area (Å²) in [5.74, 6) is -3.02. The van der Waals surface area contributed by atoms with Gasteiger partial charge in [0.05, 0.1) is 6.61 Å². The van der Waals surface area contributed by atoms with Gasteiger partial charge in [-0.3, -0.25) is 4.79 Å². The maximum atomic E-state index is 12.6. The van der Waals surface area contributed by atoms with Crippen molar-refractivity contribution in [3.8, 4) is 40.1 Å². The molecule has 33 heavy (non-hydrogen) atoms. The zero-order valence-corrected chi connectivity index (χ0v) is 16.7. The third kappa shape index (κ3) is 3.90. The van der Waals surface area contributed by atoms with Gasteiger partial charge in [0, 0.05) is 17.7 Å². The van der Waals surface area contributed by atoms with E-state index in [1.54, 1.807) is 0 Å². The van der Waals surface area contributed by atoms with Crippen LogP contribution in [0, 0.1) is 0 Å². The second-order valence-electron chi connectivity index (χ2n) is 7.44. The van der Waals surface area contributed by atoms with Crippen molar-refractivity contribution < 1.29 is 54.7 Å². The van der Waals surface area contributed by atoms with Gasteiger partial charge < -0.3 is 54.7 Å². The molecular formula is C21H20O12. The minimum absolute atomic E-state index is 0.0431. The summed E-state index contributed by atoms with van der Waals surface area (Å²) in [5, 5.41) is 78.6. The van der Waals surface area contributed by atoms with E-state index in [0.717, 1.165) is 24.3 Å². The van der Waals surface area contributed by atoms with Crippen LogP contribution in [0.5, 0.6) is 28.7 Å². The van der Waals surface area contributed by atoms with E-state index in [2.05, 4.69) is 0 Å². The maximum absolute atomic E-state index is 12.6. The van der Waals surface area contributed by atoms with E-state index >= 15 is 0 Å². The SMILES string of the molecule is O=c1c(O)c(-c2ccc(O)c(O)c2)oc2cc(OC3O[C@H](CO)[C@@H](O)[C@H](O)[C@H]3O)cc(O)c12. The van der Waals surface area contributed by atoms with Crippen LogP contribution in [0.4, 0.5) is 0 Å². The third-order valence-electron chi connectivity index (χ3n) is 5.26. The van der Waals surface area contributed by atoms with Gasteiger partial charge in [-0.1, -0.05) is 0 Å². The van der Waals surface area contributed by atoms with Crippen LogP contribution in [0.15, 0.2) is 39.5 Å². The van der Waals surface area contributed by atoms with Gasteiger partial charge in [0.1, 0.15) is 46.9 Å². The van der Waals surface area contributed by atoms with Gasteiger partial charge in [-0.05, 0) is 18.2 Å². The number of phenolic OH excluding ortho intramolecular Hbond substituents is 3. The summed E-state index contributed by atoms with van der Waals surface area (Å²) >= 11 is 0. The largest absolute Gasteiger partial charge is 0.507 e. The van der Waals surface area contributed by atoms with Crippen molar-refractivity contribution in [1.82, 2.24) is 0 Å². The molecule has 1 fully saturated rings. The van der Waals surface area contributed by atoms with Crippen LogP contribution in [0.2, 0.25) is 0 Å². The Labute approximate surface area is 184 Å². The minimum atomic E-state index is -1.72. The molecule has 1 unspecified atom stereocenters. The number of hydrogen-bond acceptors (Lipinski definition) is 12. The molecule has 5 atom stereocenters. The number of aromatic hydroxyl groups is 4. The molecule has 1 aliphatic rings. The first-order valence-electron chi connectivity index (χ1n) is 9.64. The molecule has 3 aromatic rings. The highest BCUT2D eigenvalue weighted by Gasteiger charge is 2.44. The van der Waals surface area contributed by atoms with E-state index < -0.39 is 65.7 Å². The molecule has 0 aliphatic carbocycles. The van der Waals surface area contributed by atoms with E-state index in [9.17, 15) is 45.6 Å². The van der Waals surface area contributed by atoms with Gasteiger partial charge in [-0.25, -0.2) is 0 Å². The molecule has 0 saturated carbocycles. The smallest absolute Gasteiger partial charge is 0.238 e. The standard InChI is InChI=1S/C21H20O12/c22-6-13-15(26)17(28)19(30)21(33-13)31-8-4-11(25)14-12(5-8)32-20(18(29)16(14)27)7-1-2-9(23)10(24)3-7/h1-5,13,15,17,19,21-26,28-30H,6H2/t13-,15-,17+,19-,21?/m1/s1. The first-order chi connectivity index (χ1) is 15.6. The lowest BCUT2D eigenvalue weighted by Gasteiger charge is -2.39. The van der Waals surface area contributed by atoms with Crippen molar-refractivity contribution in [3.05, 3.63) is 40.6 Å². The summed E-state index contributed by atoms with van der Waals surface area (Å²) in [7, 11) is 0. The number of hydrogen-bond donors (Lipinski definition) is 8. The van der Waals surface area contributed by atoms with Crippen molar-refractivity contribution in [1.29, 1.82) is 0 Å². The van der Waals surface area contributed by atoms with Crippen LogP contribution in [0.3, 0.4) is 0 Å². The number of benzene rings is 2. The molecule has 12 heteroatoms. The van der Waals surface area contributed by atoms with E-state index in [0.29, 0.717) is 0 Å². The highest BCUT2D eigenvalue weighted by molar-refractivity contribution is 5.88. The van der Waals surface area contributed by atoms with Gasteiger partial charge in [0.25, 0.3) is 0 Å². The van der Waals surface area contributed by atoms with Crippen molar-refractivity contribution in [2.45, 2.75) is 30.7 Å². The van der Waals surface area contributed by atoms with Gasteiger partial charge in [-0.15, -0.1) is 0 Å². The van der Waals surface area contributed by atoms with Crippen LogP contribution in [-0.2, 0) is 4.74 Å². The third-order valence-corrected chi connectivity index (χ3v) is 5.26. The summed E-state index contributed by atoms with van der Waals surface area (Å²) < 4.78 is 16.3. The zero-order valence-electron chi connectivity index (χ0n) is 16.7. The molecule has 0 amide bonds. The van der Waals surface area contributed by atoms with Crippen molar-refractivity contribution in [2.75, 3.05) is 6.61 Å². The van der Waals surface area contributed by atoms with E-state index in [1.807, 2.05) is 0 Å². The Bertz CT molecular complexity index is 1250. The zero-order chi connectivity index (χ0) is 24.0. The molecule has 0 spiro atoms. The minimum Gasteiger partial charge on any atom is -0.507 e. The van der Waals surface area contributed by atoms with Crippen LogP contribution in [-0.4, -0.2) is 78.2 Å². The molecular weight excluding hydrogens is 444 g/mol. The summed E-state index contributed by atoms with van der Waals surface area (Å²) in [6.45, 7) is -0.676. The lowest BCUT2D eigenvalue weighted by molar-refractivity contribution is -0.277. The quantitative estimate of drug-likeness (QED) is 0.229. The summed E-state index contributed by atoms with van der Waals surface area (Å²) in [4.78, 5) is 12.6. The Kier molecular flexibility index (Phi) is 5.78. The summed E-state index contributed by atoms with van der Waals surface area (Å²) in [6.07, 6.45) is -7.80. The fourth-order valence-electron chi connectivity index (χ4n) is 3.49. The fourth-order valence-corrected chi connectivity index (χ4v) is 3.49. The molecule has 1 saturated heterocycles. The first-order valence-corrected chi connectivity index (χ1v) is 9.64. The van der Waals surface area contributed by atoms with Crippen LogP contribution < -0.4 is 10.2 Å². The molecule has 0 radical (unpaired) electrons. The Morgan fingerprint density at radius 2 is 1.61 bits per heavy atom. The lowest BCUT2D eigenvalue weighted by Crippen LogP contribution is -2.60. The Balaban J connectivity index is 1.76. The molecule has 176 valence electrons. The van der Waals surface area contributed by atoms with Crippen LogP contribution in [0.1, 0.15) is 0 Å². The van der Waals surface area contributed by atoms with E-state index in [4.69, 9.17) is 13.9 Å². The number of phenols is 3. The molecule has 2 heterocycles. The topological polar surface area (TPSA) is 211 Å². The van der Waals surface area contributed by atoms with E-state index in [-0.39, 0.29) is 28.0 Å². The Morgan fingerprint density at radius 3 is 2.27 bits per heavy atom. The molecule has 1 aromatic heterocycles. The average Bonchev–Trinajstić information content (AvgIpc) is 2.78. The van der Waals surface area contributed by atoms with Gasteiger partial charge in [-0.2, -0.15) is 0 Å². The van der Waals surface area contributed by atoms with Crippen LogP contribution in [0.25, 0.3) is 22.3 Å². The number of fused-ring (bicyclic) bond motifs is 1. The fraction of sp³-hybridized carbons (Fsp3) is 0.286. The van der Waals surface area contributed by atoms with E-state index in [1.165, 1.54) is 6.07 Å². The monoisotopic (exact) mass is 464 g/mol. The lowest BCUT2D eigenvalue weighted by atomic mass is 9.99. The molecule has 8 N–H and O–H groups in total. The Hall–Kier alpha value is -3.55. The second-order valence-corrected chi connectivity index (χ2v) is 7.44. The number of rotatable bonds is 4. The normalized spacial score (nSPS) is 25.3. The van der Waals surface area contributed by atoms with Gasteiger partial charge in [0.15, 0.2) is 17.3 Å². The average molecular weight is 464 g/mol. The highest BCUT2D eigenvalue weighted by Crippen LogP contribution is 2.38. The number of aliphatic hydroxyl groups excluding tert-OH is 4. The first kappa shape index (κ1) is 22.6. The van der Waals surface area contributed by atoms with Crippen molar-refractivity contribution in [3.63, 3.8) is 0 Å². The highest BCUT2D eigenvalue weighted by atomic mass is 16.7. The molecule has 1 aliphatic heterocycles. The summed E-state index contributed by atoms with van der Waals surface area (Å²) in [6, 6.07) is 5.55. The predicted octanol–water partition coefficient (Wildman–Crippen LogP) is -0.539. The second kappa shape index (κ2) is 8.42.